The van der Waals surface area contributed by atoms with Crippen LogP contribution in [0.4, 0.5) is 18.9 Å². The molecule has 0 aromatic heterocycles. The van der Waals surface area contributed by atoms with Gasteiger partial charge in [0.2, 0.25) is 0 Å². The Morgan fingerprint density at radius 1 is 1.39 bits per heavy atom. The third-order valence-corrected chi connectivity index (χ3v) is 2.65. The number of nitro groups is 1. The zero-order valence-corrected chi connectivity index (χ0v) is 9.24. The number of nitro benzene ring substituents is 1. The van der Waals surface area contributed by atoms with Gasteiger partial charge in [-0.15, -0.1) is 0 Å². The molecule has 0 spiro atoms. The monoisotopic (exact) mass is 261 g/mol. The van der Waals surface area contributed by atoms with Crippen molar-refractivity contribution in [3.05, 3.63) is 33.9 Å². The van der Waals surface area contributed by atoms with Crippen LogP contribution in [-0.2, 0) is 6.18 Å². The van der Waals surface area contributed by atoms with Crippen molar-refractivity contribution in [2.24, 2.45) is 5.92 Å². The first-order chi connectivity index (χ1) is 8.38. The molecule has 1 fully saturated rings. The zero-order chi connectivity index (χ0) is 13.3. The van der Waals surface area contributed by atoms with E-state index < -0.39 is 22.4 Å². The number of nitrogens with zero attached hydrogens (tertiary/aromatic N) is 1. The van der Waals surface area contributed by atoms with E-state index in [-0.39, 0.29) is 12.4 Å². The van der Waals surface area contributed by atoms with Gasteiger partial charge in [0.25, 0.3) is 5.69 Å². The van der Waals surface area contributed by atoms with Gasteiger partial charge in [0.1, 0.15) is 11.3 Å². The fourth-order valence-corrected chi connectivity index (χ4v) is 1.47. The number of non-ortho nitro benzene ring substituents is 1. The van der Waals surface area contributed by atoms with Gasteiger partial charge in [-0.1, -0.05) is 0 Å². The van der Waals surface area contributed by atoms with Gasteiger partial charge >= 0.3 is 6.18 Å². The number of alkyl halides is 3. The van der Waals surface area contributed by atoms with Crippen molar-refractivity contribution in [2.45, 2.75) is 19.0 Å². The quantitative estimate of drug-likeness (QED) is 0.616. The minimum atomic E-state index is -4.66. The second-order valence-corrected chi connectivity index (χ2v) is 4.19. The molecule has 1 aliphatic rings. The lowest BCUT2D eigenvalue weighted by Gasteiger charge is -2.13. The van der Waals surface area contributed by atoms with Crippen molar-refractivity contribution in [2.75, 3.05) is 6.61 Å². The first-order valence-electron chi connectivity index (χ1n) is 5.36. The van der Waals surface area contributed by atoms with Gasteiger partial charge in [-0.05, 0) is 24.8 Å². The van der Waals surface area contributed by atoms with Crippen LogP contribution in [0, 0.1) is 16.0 Å². The third-order valence-electron chi connectivity index (χ3n) is 2.65. The molecule has 0 N–H and O–H groups in total. The predicted molar refractivity (Wildman–Crippen MR) is 56.3 cm³/mol. The summed E-state index contributed by atoms with van der Waals surface area (Å²) in [6.07, 6.45) is -2.76. The molecule has 7 heteroatoms. The van der Waals surface area contributed by atoms with Gasteiger partial charge in [0.05, 0.1) is 11.5 Å². The van der Waals surface area contributed by atoms with Crippen LogP contribution in [0.5, 0.6) is 5.75 Å². The minimum absolute atomic E-state index is 0.223. The summed E-state index contributed by atoms with van der Waals surface area (Å²) in [7, 11) is 0. The first-order valence-corrected chi connectivity index (χ1v) is 5.36. The number of hydrogen-bond donors (Lipinski definition) is 0. The predicted octanol–water partition coefficient (Wildman–Crippen LogP) is 3.40. The van der Waals surface area contributed by atoms with Crippen LogP contribution in [0.2, 0.25) is 0 Å². The highest BCUT2D eigenvalue weighted by molar-refractivity contribution is 5.45. The second kappa shape index (κ2) is 4.47. The highest BCUT2D eigenvalue weighted by atomic mass is 19.4. The maximum atomic E-state index is 12.7. The van der Waals surface area contributed by atoms with Crippen LogP contribution in [0.3, 0.4) is 0 Å². The van der Waals surface area contributed by atoms with Crippen LogP contribution >= 0.6 is 0 Å². The summed E-state index contributed by atoms with van der Waals surface area (Å²) in [5, 5.41) is 10.5. The molecule has 1 aromatic carbocycles. The fraction of sp³-hybridized carbons (Fsp3) is 0.455. The Labute approximate surface area is 101 Å². The molecular weight excluding hydrogens is 251 g/mol. The summed E-state index contributed by atoms with van der Waals surface area (Å²) in [5.41, 5.74) is -1.70. The van der Waals surface area contributed by atoms with Gasteiger partial charge in [0, 0.05) is 12.1 Å². The highest BCUT2D eigenvalue weighted by Crippen LogP contribution is 2.39. The Kier molecular flexibility index (Phi) is 3.14. The Morgan fingerprint density at radius 2 is 2.06 bits per heavy atom. The smallest absolute Gasteiger partial charge is 0.420 e. The summed E-state index contributed by atoms with van der Waals surface area (Å²) >= 11 is 0. The fourth-order valence-electron chi connectivity index (χ4n) is 1.47. The molecule has 0 amide bonds. The lowest BCUT2D eigenvalue weighted by Crippen LogP contribution is -2.10. The van der Waals surface area contributed by atoms with Crippen LogP contribution in [0.25, 0.3) is 0 Å². The van der Waals surface area contributed by atoms with E-state index in [0.717, 1.165) is 25.0 Å². The largest absolute Gasteiger partial charge is 0.493 e. The van der Waals surface area contributed by atoms with E-state index in [1.165, 1.54) is 0 Å². The van der Waals surface area contributed by atoms with E-state index in [4.69, 9.17) is 4.74 Å². The number of hydrogen-bond acceptors (Lipinski definition) is 3. The van der Waals surface area contributed by atoms with E-state index in [1.807, 2.05) is 0 Å². The lowest BCUT2D eigenvalue weighted by molar-refractivity contribution is -0.385. The molecule has 0 saturated heterocycles. The maximum Gasteiger partial charge on any atom is 0.420 e. The number of ether oxygens (including phenoxy) is 1. The maximum absolute atomic E-state index is 12.7. The van der Waals surface area contributed by atoms with Crippen molar-refractivity contribution < 1.29 is 22.8 Å². The average Bonchev–Trinajstić information content (AvgIpc) is 3.08. The summed E-state index contributed by atoms with van der Waals surface area (Å²) in [5.74, 6) is -0.0405. The Morgan fingerprint density at radius 3 is 2.56 bits per heavy atom. The van der Waals surface area contributed by atoms with Crippen molar-refractivity contribution in [1.29, 1.82) is 0 Å². The molecule has 0 heterocycles. The zero-order valence-electron chi connectivity index (χ0n) is 9.24. The van der Waals surface area contributed by atoms with E-state index in [9.17, 15) is 23.3 Å². The Hall–Kier alpha value is -1.79. The van der Waals surface area contributed by atoms with E-state index >= 15 is 0 Å². The van der Waals surface area contributed by atoms with E-state index in [0.29, 0.717) is 12.0 Å². The van der Waals surface area contributed by atoms with Gasteiger partial charge in [-0.3, -0.25) is 10.1 Å². The van der Waals surface area contributed by atoms with Gasteiger partial charge < -0.3 is 4.74 Å². The topological polar surface area (TPSA) is 52.4 Å². The van der Waals surface area contributed by atoms with Gasteiger partial charge in [-0.2, -0.15) is 13.2 Å². The summed E-state index contributed by atoms with van der Waals surface area (Å²) in [4.78, 5) is 9.60. The average molecular weight is 261 g/mol. The number of halogens is 3. The normalized spacial score (nSPS) is 15.5. The molecular formula is C11H10F3NO3. The van der Waals surface area contributed by atoms with Crippen LogP contribution in [-0.4, -0.2) is 11.5 Å². The van der Waals surface area contributed by atoms with E-state index in [1.54, 1.807) is 0 Å². The molecule has 98 valence electrons. The molecule has 1 aromatic rings. The molecule has 4 nitrogen and oxygen atoms in total. The summed E-state index contributed by atoms with van der Waals surface area (Å²) in [6.45, 7) is 0.223. The van der Waals surface area contributed by atoms with Crippen molar-refractivity contribution in [3.63, 3.8) is 0 Å². The molecule has 0 aliphatic heterocycles. The summed E-state index contributed by atoms with van der Waals surface area (Å²) in [6, 6.07) is 2.52. The lowest BCUT2D eigenvalue weighted by atomic mass is 10.1. The Balaban J connectivity index is 2.28. The van der Waals surface area contributed by atoms with Crippen LogP contribution in [0.15, 0.2) is 18.2 Å². The van der Waals surface area contributed by atoms with Crippen LogP contribution in [0.1, 0.15) is 18.4 Å². The van der Waals surface area contributed by atoms with Gasteiger partial charge in [-0.25, -0.2) is 0 Å². The second-order valence-electron chi connectivity index (χ2n) is 4.19. The van der Waals surface area contributed by atoms with E-state index in [2.05, 4.69) is 0 Å². The van der Waals surface area contributed by atoms with Crippen molar-refractivity contribution in [3.8, 4) is 5.75 Å². The molecule has 0 unspecified atom stereocenters. The number of rotatable bonds is 4. The molecule has 0 atom stereocenters. The highest BCUT2D eigenvalue weighted by Gasteiger charge is 2.36. The summed E-state index contributed by atoms with van der Waals surface area (Å²) < 4.78 is 43.3. The molecule has 18 heavy (non-hydrogen) atoms. The van der Waals surface area contributed by atoms with Crippen molar-refractivity contribution in [1.82, 2.24) is 0 Å². The van der Waals surface area contributed by atoms with Crippen LogP contribution < -0.4 is 4.74 Å². The third kappa shape index (κ3) is 2.91. The SMILES string of the molecule is O=[N+]([O-])c1ccc(OCC2CC2)c(C(F)(F)F)c1. The number of benzene rings is 1. The first kappa shape index (κ1) is 12.7. The molecule has 2 rings (SSSR count). The van der Waals surface area contributed by atoms with Crippen molar-refractivity contribution >= 4 is 5.69 Å². The Bertz CT molecular complexity index is 469. The van der Waals surface area contributed by atoms with Gasteiger partial charge in [0.15, 0.2) is 0 Å². The molecule has 1 saturated carbocycles. The molecule has 0 radical (unpaired) electrons. The molecule has 1 aliphatic carbocycles. The molecule has 0 bridgehead atoms. The standard InChI is InChI=1S/C11H10F3NO3/c12-11(13,14)9-5-8(15(16)17)3-4-10(9)18-6-7-1-2-7/h3-5,7H,1-2,6H2. The minimum Gasteiger partial charge on any atom is -0.493 e.